The van der Waals surface area contributed by atoms with E-state index in [2.05, 4.69) is 5.32 Å². The van der Waals surface area contributed by atoms with E-state index in [4.69, 9.17) is 23.2 Å². The van der Waals surface area contributed by atoms with Gasteiger partial charge in [0.15, 0.2) is 5.78 Å². The van der Waals surface area contributed by atoms with Crippen LogP contribution in [-0.2, 0) is 4.79 Å². The molecule has 1 rings (SSSR count). The largest absolute Gasteiger partial charge is 0.475 e. The van der Waals surface area contributed by atoms with Gasteiger partial charge in [-0.15, -0.1) is 0 Å². The lowest BCUT2D eigenvalue weighted by Crippen LogP contribution is -2.47. The van der Waals surface area contributed by atoms with Gasteiger partial charge in [-0.2, -0.15) is 0 Å². The Balaban J connectivity index is 2.58. The van der Waals surface area contributed by atoms with Crippen LogP contribution in [0.25, 0.3) is 0 Å². The molecule has 126 valence electrons. The van der Waals surface area contributed by atoms with Crippen molar-refractivity contribution in [2.24, 2.45) is 5.92 Å². The number of hydrogen-bond acceptors (Lipinski definition) is 4. The second-order valence-electron chi connectivity index (χ2n) is 5.76. The number of benzene rings is 1. The number of ketones is 1. The van der Waals surface area contributed by atoms with Gasteiger partial charge >= 0.3 is 7.12 Å². The standard InChI is InChI=1S/C15H20BCl2NO4/c1-9(2)7-14(16(22)23)19-15(21)6-5-13(20)11-8-10(17)3-4-12(11)18/h3-4,8-9,14,22-23H,5-7H2,1-2H3,(H,19,21). The zero-order chi connectivity index (χ0) is 17.6. The first-order valence-electron chi connectivity index (χ1n) is 7.34. The third-order valence-electron chi connectivity index (χ3n) is 3.24. The maximum absolute atomic E-state index is 12.1. The van der Waals surface area contributed by atoms with Crippen LogP contribution in [0.3, 0.4) is 0 Å². The number of nitrogens with one attached hydrogen (secondary N) is 1. The molecule has 1 atom stereocenters. The lowest BCUT2D eigenvalue weighted by Gasteiger charge is -2.19. The third-order valence-corrected chi connectivity index (χ3v) is 3.80. The van der Waals surface area contributed by atoms with Gasteiger partial charge in [-0.1, -0.05) is 37.0 Å². The molecule has 1 aromatic carbocycles. The summed E-state index contributed by atoms with van der Waals surface area (Å²) in [5.41, 5.74) is 0.271. The first-order valence-corrected chi connectivity index (χ1v) is 8.10. The van der Waals surface area contributed by atoms with Crippen LogP contribution in [0.1, 0.15) is 43.5 Å². The summed E-state index contributed by atoms with van der Waals surface area (Å²) in [6.45, 7) is 3.82. The zero-order valence-corrected chi connectivity index (χ0v) is 14.6. The molecule has 1 unspecified atom stereocenters. The fourth-order valence-corrected chi connectivity index (χ4v) is 2.51. The number of carbonyl (C=O) groups is 2. The lowest BCUT2D eigenvalue weighted by atomic mass is 9.75. The van der Waals surface area contributed by atoms with Crippen LogP contribution in [0, 0.1) is 5.92 Å². The van der Waals surface area contributed by atoms with Gasteiger partial charge in [0.05, 0.1) is 11.0 Å². The van der Waals surface area contributed by atoms with Crippen molar-refractivity contribution in [3.63, 3.8) is 0 Å². The van der Waals surface area contributed by atoms with E-state index in [9.17, 15) is 19.6 Å². The van der Waals surface area contributed by atoms with Gasteiger partial charge in [-0.05, 0) is 30.5 Å². The summed E-state index contributed by atoms with van der Waals surface area (Å²) in [4.78, 5) is 24.0. The van der Waals surface area contributed by atoms with Gasteiger partial charge in [0.2, 0.25) is 5.91 Å². The Morgan fingerprint density at radius 3 is 2.43 bits per heavy atom. The van der Waals surface area contributed by atoms with E-state index in [0.717, 1.165) is 0 Å². The van der Waals surface area contributed by atoms with Crippen molar-refractivity contribution in [3.8, 4) is 0 Å². The molecule has 0 saturated carbocycles. The number of carbonyl (C=O) groups excluding carboxylic acids is 2. The average molecular weight is 360 g/mol. The summed E-state index contributed by atoms with van der Waals surface area (Å²) < 4.78 is 0. The van der Waals surface area contributed by atoms with Crippen molar-refractivity contribution in [1.82, 2.24) is 5.32 Å². The molecule has 5 nitrogen and oxygen atoms in total. The highest BCUT2D eigenvalue weighted by Crippen LogP contribution is 2.22. The molecular formula is C15H20BCl2NO4. The summed E-state index contributed by atoms with van der Waals surface area (Å²) >= 11 is 11.8. The van der Waals surface area contributed by atoms with Crippen LogP contribution < -0.4 is 5.32 Å². The maximum atomic E-state index is 12.1. The van der Waals surface area contributed by atoms with E-state index in [1.165, 1.54) is 12.1 Å². The number of Topliss-reactive ketones (excluding diaryl/α,β-unsaturated/α-hetero) is 1. The predicted molar refractivity (Wildman–Crippen MR) is 91.6 cm³/mol. The molecule has 0 fully saturated rings. The summed E-state index contributed by atoms with van der Waals surface area (Å²) in [6, 6.07) is 4.56. The van der Waals surface area contributed by atoms with Gasteiger partial charge in [0.25, 0.3) is 0 Å². The van der Waals surface area contributed by atoms with Crippen LogP contribution in [-0.4, -0.2) is 34.8 Å². The van der Waals surface area contributed by atoms with Crippen LogP contribution in [0.4, 0.5) is 0 Å². The molecule has 8 heteroatoms. The number of amides is 1. The first-order chi connectivity index (χ1) is 10.7. The number of rotatable bonds is 8. The van der Waals surface area contributed by atoms with Crippen molar-refractivity contribution < 1.29 is 19.6 Å². The maximum Gasteiger partial charge on any atom is 0.475 e. The lowest BCUT2D eigenvalue weighted by molar-refractivity contribution is -0.121. The normalized spacial score (nSPS) is 12.1. The highest BCUT2D eigenvalue weighted by Gasteiger charge is 2.26. The first kappa shape index (κ1) is 20.0. The van der Waals surface area contributed by atoms with Gasteiger partial charge in [0.1, 0.15) is 0 Å². The zero-order valence-electron chi connectivity index (χ0n) is 13.1. The molecular weight excluding hydrogens is 340 g/mol. The highest BCUT2D eigenvalue weighted by molar-refractivity contribution is 6.43. The third kappa shape index (κ3) is 6.91. The topological polar surface area (TPSA) is 86.6 Å². The molecule has 0 spiro atoms. The van der Waals surface area contributed by atoms with Gasteiger partial charge < -0.3 is 15.4 Å². The molecule has 0 aromatic heterocycles. The number of hydrogen-bond donors (Lipinski definition) is 3. The molecule has 0 heterocycles. The van der Waals surface area contributed by atoms with E-state index >= 15 is 0 Å². The molecule has 0 bridgehead atoms. The van der Waals surface area contributed by atoms with Crippen molar-refractivity contribution in [2.45, 2.75) is 39.1 Å². The van der Waals surface area contributed by atoms with Crippen LogP contribution in [0.2, 0.25) is 10.0 Å². The molecule has 0 aliphatic carbocycles. The van der Waals surface area contributed by atoms with E-state index in [-0.39, 0.29) is 35.1 Å². The fraction of sp³-hybridized carbons (Fsp3) is 0.467. The Bertz CT molecular complexity index is 566. The summed E-state index contributed by atoms with van der Waals surface area (Å²) in [5, 5.41) is 21.8. The smallest absolute Gasteiger partial charge is 0.426 e. The van der Waals surface area contributed by atoms with Crippen LogP contribution in [0.5, 0.6) is 0 Å². The van der Waals surface area contributed by atoms with Gasteiger partial charge in [0, 0.05) is 23.4 Å². The molecule has 23 heavy (non-hydrogen) atoms. The summed E-state index contributed by atoms with van der Waals surface area (Å²) in [6.07, 6.45) is 0.322. The number of halogens is 2. The minimum absolute atomic E-state index is 0.0399. The van der Waals surface area contributed by atoms with Gasteiger partial charge in [-0.25, -0.2) is 0 Å². The van der Waals surface area contributed by atoms with Crippen LogP contribution >= 0.6 is 23.2 Å². The Morgan fingerprint density at radius 2 is 1.87 bits per heavy atom. The second-order valence-corrected chi connectivity index (χ2v) is 6.61. The van der Waals surface area contributed by atoms with Crippen LogP contribution in [0.15, 0.2) is 18.2 Å². The van der Waals surface area contributed by atoms with Crippen molar-refractivity contribution in [1.29, 1.82) is 0 Å². The van der Waals surface area contributed by atoms with Crippen molar-refractivity contribution in [2.75, 3.05) is 0 Å². The van der Waals surface area contributed by atoms with E-state index in [1.54, 1.807) is 6.07 Å². The molecule has 0 aliphatic heterocycles. The highest BCUT2D eigenvalue weighted by atomic mass is 35.5. The van der Waals surface area contributed by atoms with E-state index < -0.39 is 19.0 Å². The summed E-state index contributed by atoms with van der Waals surface area (Å²) in [7, 11) is -1.64. The van der Waals surface area contributed by atoms with Crippen molar-refractivity contribution >= 4 is 42.0 Å². The SMILES string of the molecule is CC(C)CC(NC(=O)CCC(=O)c1cc(Cl)ccc1Cl)B(O)O. The van der Waals surface area contributed by atoms with Gasteiger partial charge in [-0.3, -0.25) is 9.59 Å². The fourth-order valence-electron chi connectivity index (χ4n) is 2.11. The Labute approximate surface area is 146 Å². The molecule has 1 amide bonds. The van der Waals surface area contributed by atoms with Crippen molar-refractivity contribution in [3.05, 3.63) is 33.8 Å². The Kier molecular flexibility index (Phi) is 8.05. The summed E-state index contributed by atoms with van der Waals surface area (Å²) in [5.74, 6) is -1.28. The molecule has 0 saturated heterocycles. The average Bonchev–Trinajstić information content (AvgIpc) is 2.46. The Morgan fingerprint density at radius 1 is 1.22 bits per heavy atom. The second kappa shape index (κ2) is 9.28. The molecule has 1 aromatic rings. The van der Waals surface area contributed by atoms with E-state index in [1.807, 2.05) is 13.8 Å². The Hall–Kier alpha value is -1.08. The molecule has 0 radical (unpaired) electrons. The monoisotopic (exact) mass is 359 g/mol. The minimum Gasteiger partial charge on any atom is -0.426 e. The minimum atomic E-state index is -1.64. The molecule has 0 aliphatic rings. The molecule has 3 N–H and O–H groups in total. The predicted octanol–water partition coefficient (Wildman–Crippen LogP) is 2.50. The quantitative estimate of drug-likeness (QED) is 0.491. The van der Waals surface area contributed by atoms with E-state index in [0.29, 0.717) is 11.4 Å².